The summed E-state index contributed by atoms with van der Waals surface area (Å²) in [6.07, 6.45) is -11.9. The van der Waals surface area contributed by atoms with Gasteiger partial charge in [0, 0.05) is 6.42 Å². The first-order valence-corrected chi connectivity index (χ1v) is 11.2. The molecule has 13 nitrogen and oxygen atoms in total. The van der Waals surface area contributed by atoms with Crippen molar-refractivity contribution in [3.63, 3.8) is 0 Å². The number of halogens is 5. The zero-order valence-corrected chi connectivity index (χ0v) is 20.0. The van der Waals surface area contributed by atoms with Crippen molar-refractivity contribution in [2.75, 3.05) is 12.3 Å². The number of nitrogens with two attached hydrogens (primary N) is 1. The Morgan fingerprint density at radius 3 is 2.38 bits per heavy atom. The van der Waals surface area contributed by atoms with Crippen molar-refractivity contribution in [1.29, 1.82) is 0 Å². The lowest BCUT2D eigenvalue weighted by Gasteiger charge is -2.27. The van der Waals surface area contributed by atoms with Gasteiger partial charge in [-0.2, -0.15) is 9.97 Å². The van der Waals surface area contributed by atoms with Gasteiger partial charge < -0.3 is 35.3 Å². The number of aliphatic carboxylic acids is 2. The molecule has 0 aliphatic carbocycles. The van der Waals surface area contributed by atoms with Crippen molar-refractivity contribution in [3.8, 4) is 5.75 Å². The van der Waals surface area contributed by atoms with E-state index in [1.54, 1.807) is 0 Å². The van der Waals surface area contributed by atoms with Gasteiger partial charge in [-0.1, -0.05) is 12.1 Å². The van der Waals surface area contributed by atoms with Gasteiger partial charge in [0.15, 0.2) is 23.9 Å². The van der Waals surface area contributed by atoms with E-state index >= 15 is 4.39 Å². The molecule has 0 spiro atoms. The smallest absolute Gasteiger partial charge is 0.479 e. The number of nitrogens with zero attached hydrogens (tertiary/aromatic N) is 4. The number of fused-ring (bicyclic) bond motifs is 1. The largest absolute Gasteiger partial charge is 0.573 e. The van der Waals surface area contributed by atoms with Crippen LogP contribution in [-0.2, 0) is 25.5 Å². The second-order valence-corrected chi connectivity index (χ2v) is 8.66. The normalized spacial score (nSPS) is 21.8. The number of ether oxygens (including phenoxy) is 3. The van der Waals surface area contributed by atoms with Crippen LogP contribution in [0.15, 0.2) is 30.6 Å². The highest BCUT2D eigenvalue weighted by Gasteiger charge is 2.52. The molecular weight excluding hydrogens is 562 g/mol. The number of hydrogen-bond donors (Lipinski definition) is 4. The predicted octanol–water partition coefficient (Wildman–Crippen LogP) is 1.72. The van der Waals surface area contributed by atoms with E-state index in [0.29, 0.717) is 0 Å². The Balaban J connectivity index is 1.53. The number of aliphatic hydroxyl groups excluding tert-OH is 1. The number of carboxylic acids is 2. The molecule has 3 aromatic rings. The monoisotopic (exact) mass is 579 g/mol. The van der Waals surface area contributed by atoms with Gasteiger partial charge in [-0.3, -0.25) is 4.57 Å². The minimum atomic E-state index is -4.97. The fourth-order valence-corrected chi connectivity index (χ4v) is 4.07. The van der Waals surface area contributed by atoms with Crippen molar-refractivity contribution in [2.45, 2.75) is 43.0 Å². The van der Waals surface area contributed by atoms with Crippen molar-refractivity contribution in [2.24, 2.45) is 0 Å². The second-order valence-electron chi connectivity index (χ2n) is 8.32. The lowest BCUT2D eigenvalue weighted by atomic mass is 9.94. The lowest BCUT2D eigenvalue weighted by molar-refractivity contribution is -0.274. The summed E-state index contributed by atoms with van der Waals surface area (Å²) in [5.74, 6) is -4.66. The highest BCUT2D eigenvalue weighted by molar-refractivity contribution is 6.28. The standard InChI is InChI=1S/C21H18ClF4N5O8/c22-19-29-14(27)12-15(30-19)31(7-28-12)16-11(23)13(32)10(38-16)6-37-20(17(33)34,18(35)36)5-8-1-3-9(4-2-8)39-21(24,25)26/h1-4,7,10-11,13,16,32H,5-6H2,(H,33,34)(H,35,36)(H2,27,29,30)/t10-,11+,13-,16-/m1/s1. The Kier molecular flexibility index (Phi) is 7.53. The molecular formula is C21H18ClF4N5O8. The van der Waals surface area contributed by atoms with Gasteiger partial charge in [-0.15, -0.1) is 13.2 Å². The Bertz CT molecular complexity index is 1380. The zero-order chi connectivity index (χ0) is 28.7. The molecule has 4 atom stereocenters. The first-order chi connectivity index (χ1) is 18.2. The topological polar surface area (TPSA) is 192 Å². The summed E-state index contributed by atoms with van der Waals surface area (Å²) in [6, 6.07) is 3.75. The van der Waals surface area contributed by atoms with E-state index in [9.17, 15) is 38.1 Å². The third-order valence-electron chi connectivity index (χ3n) is 5.78. The quantitative estimate of drug-likeness (QED) is 0.163. The van der Waals surface area contributed by atoms with Crippen LogP contribution in [0.2, 0.25) is 5.28 Å². The highest BCUT2D eigenvalue weighted by Crippen LogP contribution is 2.35. The van der Waals surface area contributed by atoms with E-state index in [1.807, 2.05) is 0 Å². The molecule has 0 amide bonds. The van der Waals surface area contributed by atoms with Crippen molar-refractivity contribution in [1.82, 2.24) is 19.5 Å². The molecule has 1 aliphatic heterocycles. The summed E-state index contributed by atoms with van der Waals surface area (Å²) < 4.78 is 67.7. The summed E-state index contributed by atoms with van der Waals surface area (Å²) in [7, 11) is 0. The van der Waals surface area contributed by atoms with Crippen LogP contribution >= 0.6 is 11.6 Å². The average molecular weight is 580 g/mol. The van der Waals surface area contributed by atoms with Gasteiger partial charge in [0.2, 0.25) is 5.28 Å². The number of nitrogen functional groups attached to an aromatic ring is 1. The van der Waals surface area contributed by atoms with Gasteiger partial charge in [0.1, 0.15) is 23.5 Å². The second kappa shape index (κ2) is 10.4. The van der Waals surface area contributed by atoms with E-state index in [0.717, 1.165) is 35.2 Å². The van der Waals surface area contributed by atoms with Crippen molar-refractivity contribution < 1.29 is 56.7 Å². The van der Waals surface area contributed by atoms with E-state index in [2.05, 4.69) is 19.7 Å². The number of rotatable bonds is 9. The molecule has 1 fully saturated rings. The molecule has 2 aromatic heterocycles. The summed E-state index contributed by atoms with van der Waals surface area (Å²) in [5.41, 5.74) is 2.74. The van der Waals surface area contributed by atoms with Gasteiger partial charge in [0.25, 0.3) is 5.60 Å². The van der Waals surface area contributed by atoms with Crippen LogP contribution in [0.4, 0.5) is 23.4 Å². The molecule has 210 valence electrons. The van der Waals surface area contributed by atoms with Crippen LogP contribution in [0.3, 0.4) is 0 Å². The molecule has 5 N–H and O–H groups in total. The minimum absolute atomic E-state index is 0.0303. The number of hydrogen-bond acceptors (Lipinski definition) is 10. The van der Waals surface area contributed by atoms with Crippen molar-refractivity contribution >= 4 is 40.5 Å². The van der Waals surface area contributed by atoms with Crippen LogP contribution in [0.5, 0.6) is 5.75 Å². The molecule has 0 saturated carbocycles. The summed E-state index contributed by atoms with van der Waals surface area (Å²) in [5, 5.41) is 29.6. The molecule has 0 radical (unpaired) electrons. The first kappa shape index (κ1) is 28.2. The molecule has 1 aliphatic rings. The van der Waals surface area contributed by atoms with Crippen LogP contribution in [0, 0.1) is 0 Å². The Hall–Kier alpha value is -3.80. The van der Waals surface area contributed by atoms with Crippen LogP contribution in [0.25, 0.3) is 11.2 Å². The number of carboxylic acid groups (broad SMARTS) is 2. The van der Waals surface area contributed by atoms with Crippen LogP contribution in [0.1, 0.15) is 11.8 Å². The zero-order valence-electron chi connectivity index (χ0n) is 19.2. The SMILES string of the molecule is Nc1nc(Cl)nc2c1ncn2[C@@H]1O[C@H](COC(Cc2ccc(OC(F)(F)F)cc2)(C(=O)O)C(=O)O)[C@@H](O)[C@@H]1F. The first-order valence-electron chi connectivity index (χ1n) is 10.8. The van der Waals surface area contributed by atoms with Gasteiger partial charge in [-0.25, -0.2) is 19.0 Å². The van der Waals surface area contributed by atoms with Crippen LogP contribution in [-0.4, -0.2) is 83.7 Å². The number of anilines is 1. The Labute approximate surface area is 219 Å². The maximum atomic E-state index is 15.1. The molecule has 1 aromatic carbocycles. The van der Waals surface area contributed by atoms with Gasteiger partial charge in [-0.05, 0) is 29.3 Å². The van der Waals surface area contributed by atoms with Gasteiger partial charge >= 0.3 is 18.3 Å². The number of imidazole rings is 1. The maximum absolute atomic E-state index is 15.1. The fourth-order valence-electron chi connectivity index (χ4n) is 3.90. The third kappa shape index (κ3) is 5.65. The lowest BCUT2D eigenvalue weighted by Crippen LogP contribution is -2.52. The molecule has 4 rings (SSSR count). The van der Waals surface area contributed by atoms with Gasteiger partial charge in [0.05, 0.1) is 12.9 Å². The van der Waals surface area contributed by atoms with E-state index in [4.69, 9.17) is 26.8 Å². The molecule has 3 heterocycles. The number of benzene rings is 1. The Morgan fingerprint density at radius 1 is 1.15 bits per heavy atom. The molecule has 0 unspecified atom stereocenters. The average Bonchev–Trinajstić information content (AvgIpc) is 3.37. The van der Waals surface area contributed by atoms with Crippen molar-refractivity contribution in [3.05, 3.63) is 41.4 Å². The number of alkyl halides is 4. The molecule has 39 heavy (non-hydrogen) atoms. The Morgan fingerprint density at radius 2 is 1.79 bits per heavy atom. The van der Waals surface area contributed by atoms with Crippen LogP contribution < -0.4 is 10.5 Å². The minimum Gasteiger partial charge on any atom is -0.479 e. The fraction of sp³-hybridized carbons (Fsp3) is 0.381. The number of aromatic nitrogens is 4. The third-order valence-corrected chi connectivity index (χ3v) is 5.95. The molecule has 1 saturated heterocycles. The van der Waals surface area contributed by atoms with E-state index < -0.39 is 67.3 Å². The van der Waals surface area contributed by atoms with E-state index in [-0.39, 0.29) is 27.8 Å². The molecule has 0 bridgehead atoms. The summed E-state index contributed by atoms with van der Waals surface area (Å²) >= 11 is 5.80. The summed E-state index contributed by atoms with van der Waals surface area (Å²) in [4.78, 5) is 35.7. The van der Waals surface area contributed by atoms with E-state index in [1.165, 1.54) is 0 Å². The number of carbonyl (C=O) groups is 2. The predicted molar refractivity (Wildman–Crippen MR) is 120 cm³/mol. The highest BCUT2D eigenvalue weighted by atomic mass is 35.5. The number of aliphatic hydroxyl groups is 1. The summed E-state index contributed by atoms with van der Waals surface area (Å²) in [6.45, 7) is -0.906. The molecule has 18 heteroatoms. The maximum Gasteiger partial charge on any atom is 0.573 e.